The van der Waals surface area contributed by atoms with Crippen LogP contribution in [0.1, 0.15) is 39.5 Å². The van der Waals surface area contributed by atoms with E-state index >= 15 is 0 Å². The van der Waals surface area contributed by atoms with Crippen LogP contribution in [0.25, 0.3) is 0 Å². The third kappa shape index (κ3) is 4.58. The minimum Gasteiger partial charge on any atom is -0.481 e. The van der Waals surface area contributed by atoms with Crippen LogP contribution in [-0.4, -0.2) is 41.6 Å². The summed E-state index contributed by atoms with van der Waals surface area (Å²) >= 11 is 0. The number of carboxylic acid groups (broad SMARTS) is 1. The number of nitrogens with one attached hydrogen (secondary N) is 1. The van der Waals surface area contributed by atoms with E-state index in [9.17, 15) is 9.59 Å². The van der Waals surface area contributed by atoms with Gasteiger partial charge in [-0.25, -0.2) is 4.79 Å². The van der Waals surface area contributed by atoms with Gasteiger partial charge in [0.25, 0.3) is 0 Å². The van der Waals surface area contributed by atoms with Crippen LogP contribution in [0.5, 0.6) is 0 Å². The van der Waals surface area contributed by atoms with Crippen molar-refractivity contribution < 1.29 is 14.7 Å². The molecule has 0 atom stereocenters. The van der Waals surface area contributed by atoms with E-state index in [1.54, 1.807) is 4.90 Å². The van der Waals surface area contributed by atoms with Crippen molar-refractivity contribution in [2.75, 3.05) is 19.6 Å². The van der Waals surface area contributed by atoms with Gasteiger partial charge >= 0.3 is 12.0 Å². The van der Waals surface area contributed by atoms with E-state index in [2.05, 4.69) is 11.9 Å². The van der Waals surface area contributed by atoms with Gasteiger partial charge < -0.3 is 15.3 Å². The molecule has 0 saturated heterocycles. The fraction of sp³-hybridized carbons (Fsp3) is 0.714. The Morgan fingerprint density at radius 3 is 2.42 bits per heavy atom. The van der Waals surface area contributed by atoms with E-state index in [0.717, 1.165) is 24.8 Å². The van der Waals surface area contributed by atoms with Gasteiger partial charge in [0.15, 0.2) is 0 Å². The largest absolute Gasteiger partial charge is 0.481 e. The highest BCUT2D eigenvalue weighted by atomic mass is 16.4. The standard InChI is InChI=1S/C14H24N2O3/c1-4-16(9-11(2)3)13(19)15-10-14(6-5-7-14)8-12(17)18/h2,4-10H2,1,3H3,(H,15,19)(H,17,18). The van der Waals surface area contributed by atoms with Crippen LogP contribution in [0.15, 0.2) is 12.2 Å². The predicted molar refractivity (Wildman–Crippen MR) is 74.0 cm³/mol. The number of carboxylic acids is 1. The van der Waals surface area contributed by atoms with Crippen molar-refractivity contribution in [2.24, 2.45) is 5.41 Å². The van der Waals surface area contributed by atoms with Gasteiger partial charge in [-0.3, -0.25) is 4.79 Å². The number of amides is 2. The molecule has 19 heavy (non-hydrogen) atoms. The molecule has 0 spiro atoms. The second-order valence-corrected chi connectivity index (χ2v) is 5.55. The van der Waals surface area contributed by atoms with Crippen molar-refractivity contribution in [3.05, 3.63) is 12.2 Å². The highest BCUT2D eigenvalue weighted by Gasteiger charge is 2.39. The van der Waals surface area contributed by atoms with Crippen molar-refractivity contribution in [1.29, 1.82) is 0 Å². The second-order valence-electron chi connectivity index (χ2n) is 5.55. The van der Waals surface area contributed by atoms with Gasteiger partial charge in [0.05, 0.1) is 6.42 Å². The zero-order chi connectivity index (χ0) is 14.5. The van der Waals surface area contributed by atoms with Crippen LogP contribution in [0.2, 0.25) is 0 Å². The summed E-state index contributed by atoms with van der Waals surface area (Å²) in [6.07, 6.45) is 2.95. The molecule has 1 rings (SSSR count). The molecule has 1 aliphatic carbocycles. The number of rotatable bonds is 7. The molecule has 5 heteroatoms. The molecular formula is C14H24N2O3. The third-order valence-electron chi connectivity index (χ3n) is 3.68. The Hall–Kier alpha value is -1.52. The molecule has 1 fully saturated rings. The van der Waals surface area contributed by atoms with Crippen molar-refractivity contribution >= 4 is 12.0 Å². The third-order valence-corrected chi connectivity index (χ3v) is 3.68. The highest BCUT2D eigenvalue weighted by molar-refractivity contribution is 5.74. The lowest BCUT2D eigenvalue weighted by molar-refractivity contribution is -0.141. The fourth-order valence-electron chi connectivity index (χ4n) is 2.44. The maximum atomic E-state index is 12.0. The lowest BCUT2D eigenvalue weighted by Gasteiger charge is -2.41. The Kier molecular flexibility index (Phi) is 5.39. The predicted octanol–water partition coefficient (Wildman–Crippen LogP) is 2.24. The summed E-state index contributed by atoms with van der Waals surface area (Å²) in [5.41, 5.74) is 0.699. The summed E-state index contributed by atoms with van der Waals surface area (Å²) in [6.45, 7) is 9.20. The first-order valence-corrected chi connectivity index (χ1v) is 6.77. The first kappa shape index (κ1) is 15.5. The Morgan fingerprint density at radius 2 is 2.05 bits per heavy atom. The summed E-state index contributed by atoms with van der Waals surface area (Å²) < 4.78 is 0. The summed E-state index contributed by atoms with van der Waals surface area (Å²) in [6, 6.07) is -0.137. The van der Waals surface area contributed by atoms with Crippen molar-refractivity contribution in [3.63, 3.8) is 0 Å². The van der Waals surface area contributed by atoms with E-state index in [0.29, 0.717) is 19.6 Å². The average Bonchev–Trinajstić information content (AvgIpc) is 2.28. The molecule has 0 radical (unpaired) electrons. The van der Waals surface area contributed by atoms with Crippen LogP contribution in [0.3, 0.4) is 0 Å². The lowest BCUT2D eigenvalue weighted by Crippen LogP contribution is -2.48. The first-order chi connectivity index (χ1) is 8.88. The zero-order valence-electron chi connectivity index (χ0n) is 11.9. The number of likely N-dealkylation sites (N-methyl/N-ethyl adjacent to an activating group) is 1. The topological polar surface area (TPSA) is 69.6 Å². The Balaban J connectivity index is 2.47. The number of carbonyl (C=O) groups excluding carboxylic acids is 1. The maximum absolute atomic E-state index is 12.0. The number of carbonyl (C=O) groups is 2. The SMILES string of the molecule is C=C(C)CN(CC)C(=O)NCC1(CC(=O)O)CCC1. The molecule has 0 aliphatic heterocycles. The van der Waals surface area contributed by atoms with Crippen molar-refractivity contribution in [2.45, 2.75) is 39.5 Å². The molecule has 0 aromatic carbocycles. The van der Waals surface area contributed by atoms with Gasteiger partial charge in [-0.05, 0) is 32.1 Å². The minimum absolute atomic E-state index is 0.137. The summed E-state index contributed by atoms with van der Waals surface area (Å²) in [4.78, 5) is 24.5. The number of hydrogen-bond donors (Lipinski definition) is 2. The smallest absolute Gasteiger partial charge is 0.317 e. The maximum Gasteiger partial charge on any atom is 0.317 e. The Labute approximate surface area is 114 Å². The summed E-state index contributed by atoms with van der Waals surface area (Å²) in [7, 11) is 0. The van der Waals surface area contributed by atoms with Crippen molar-refractivity contribution in [3.8, 4) is 0 Å². The normalized spacial score (nSPS) is 16.3. The van der Waals surface area contributed by atoms with E-state index < -0.39 is 5.97 Å². The molecule has 0 bridgehead atoms. The quantitative estimate of drug-likeness (QED) is 0.696. The van der Waals surface area contributed by atoms with Gasteiger partial charge in [0, 0.05) is 19.6 Å². The molecule has 1 saturated carbocycles. The van der Waals surface area contributed by atoms with Gasteiger partial charge in [-0.15, -0.1) is 0 Å². The molecule has 0 aromatic heterocycles. The number of aliphatic carboxylic acids is 1. The number of nitrogens with zero attached hydrogens (tertiary/aromatic N) is 1. The molecule has 2 amide bonds. The second kappa shape index (κ2) is 6.59. The monoisotopic (exact) mass is 268 g/mol. The Morgan fingerprint density at radius 1 is 1.42 bits per heavy atom. The first-order valence-electron chi connectivity index (χ1n) is 6.77. The van der Waals surface area contributed by atoms with E-state index in [1.165, 1.54) is 0 Å². The summed E-state index contributed by atoms with van der Waals surface area (Å²) in [5.74, 6) is -0.789. The van der Waals surface area contributed by atoms with Gasteiger partial charge in [-0.1, -0.05) is 18.6 Å². The van der Waals surface area contributed by atoms with E-state index in [1.807, 2.05) is 13.8 Å². The molecule has 2 N–H and O–H groups in total. The Bertz CT molecular complexity index is 362. The van der Waals surface area contributed by atoms with E-state index in [4.69, 9.17) is 5.11 Å². The molecule has 1 aliphatic rings. The average molecular weight is 268 g/mol. The van der Waals surface area contributed by atoms with Gasteiger partial charge in [0.2, 0.25) is 0 Å². The summed E-state index contributed by atoms with van der Waals surface area (Å²) in [5, 5.41) is 11.8. The van der Waals surface area contributed by atoms with Crippen LogP contribution >= 0.6 is 0 Å². The van der Waals surface area contributed by atoms with Crippen molar-refractivity contribution in [1.82, 2.24) is 10.2 Å². The zero-order valence-corrected chi connectivity index (χ0v) is 11.9. The molecule has 0 unspecified atom stereocenters. The highest BCUT2D eigenvalue weighted by Crippen LogP contribution is 2.43. The van der Waals surface area contributed by atoms with Crippen LogP contribution < -0.4 is 5.32 Å². The molecule has 0 heterocycles. The van der Waals surface area contributed by atoms with Gasteiger partial charge in [-0.2, -0.15) is 0 Å². The van der Waals surface area contributed by atoms with Gasteiger partial charge in [0.1, 0.15) is 0 Å². The number of hydrogen-bond acceptors (Lipinski definition) is 2. The fourth-order valence-corrected chi connectivity index (χ4v) is 2.44. The number of urea groups is 1. The van der Waals surface area contributed by atoms with E-state index in [-0.39, 0.29) is 17.9 Å². The van der Waals surface area contributed by atoms with Crippen LogP contribution in [-0.2, 0) is 4.79 Å². The van der Waals surface area contributed by atoms with Crippen LogP contribution in [0.4, 0.5) is 4.79 Å². The molecule has 108 valence electrons. The molecular weight excluding hydrogens is 244 g/mol. The minimum atomic E-state index is -0.789. The molecule has 5 nitrogen and oxygen atoms in total. The lowest BCUT2D eigenvalue weighted by atomic mass is 9.66. The van der Waals surface area contributed by atoms with Crippen LogP contribution in [0, 0.1) is 5.41 Å². The molecule has 0 aromatic rings.